The van der Waals surface area contributed by atoms with Gasteiger partial charge in [0.05, 0.1) is 25.4 Å². The Bertz CT molecular complexity index is 936. The van der Waals surface area contributed by atoms with E-state index in [0.717, 1.165) is 12.2 Å². The zero-order valence-corrected chi connectivity index (χ0v) is 16.6. The Balaban J connectivity index is 1.87. The van der Waals surface area contributed by atoms with Crippen molar-refractivity contribution in [3.05, 3.63) is 41.2 Å². The molecule has 3 rings (SSSR count). The summed E-state index contributed by atoms with van der Waals surface area (Å²) in [5, 5.41) is 4.08. The summed E-state index contributed by atoms with van der Waals surface area (Å²) in [7, 11) is 1.95. The van der Waals surface area contributed by atoms with E-state index in [0.29, 0.717) is 17.9 Å². The number of carbonyl (C=O) groups is 3. The fraction of sp³-hybridized carbons (Fsp3) is 0.400. The van der Waals surface area contributed by atoms with Gasteiger partial charge >= 0.3 is 11.9 Å². The molecule has 0 N–H and O–H groups in total. The number of hydrogen-bond acceptors (Lipinski definition) is 8. The third-order valence-corrected chi connectivity index (χ3v) is 4.42. The van der Waals surface area contributed by atoms with Crippen molar-refractivity contribution in [1.29, 1.82) is 0 Å². The molecule has 0 unspecified atom stereocenters. The van der Waals surface area contributed by atoms with Crippen LogP contribution in [-0.2, 0) is 16.0 Å². The fourth-order valence-electron chi connectivity index (χ4n) is 2.97. The molecule has 154 valence electrons. The van der Waals surface area contributed by atoms with Crippen LogP contribution in [0.4, 0.5) is 5.69 Å². The Labute approximate surface area is 168 Å². The molecule has 0 bridgehead atoms. The topological polar surface area (TPSA) is 100.0 Å². The van der Waals surface area contributed by atoms with Crippen LogP contribution in [0.5, 0.6) is 5.75 Å². The number of ketones is 1. The van der Waals surface area contributed by atoms with Crippen molar-refractivity contribution < 1.29 is 28.6 Å². The van der Waals surface area contributed by atoms with E-state index in [2.05, 4.69) is 5.10 Å². The lowest BCUT2D eigenvalue weighted by molar-refractivity contribution is 0.0505. The first-order valence-corrected chi connectivity index (χ1v) is 9.37. The minimum absolute atomic E-state index is 0.0113. The third kappa shape index (κ3) is 4.39. The van der Waals surface area contributed by atoms with Gasteiger partial charge in [0.2, 0.25) is 0 Å². The monoisotopic (exact) mass is 401 g/mol. The van der Waals surface area contributed by atoms with E-state index in [4.69, 9.17) is 14.2 Å². The molecule has 2 aromatic rings. The predicted octanol–water partition coefficient (Wildman–Crippen LogP) is 1.95. The fourth-order valence-corrected chi connectivity index (χ4v) is 2.97. The molecule has 0 saturated carbocycles. The van der Waals surface area contributed by atoms with Crippen LogP contribution in [0.2, 0.25) is 0 Å². The number of rotatable bonds is 7. The van der Waals surface area contributed by atoms with Crippen LogP contribution in [0.15, 0.2) is 24.3 Å². The van der Waals surface area contributed by atoms with E-state index in [1.165, 1.54) is 10.7 Å². The summed E-state index contributed by atoms with van der Waals surface area (Å²) >= 11 is 0. The lowest BCUT2D eigenvalue weighted by atomic mass is 10.1. The highest BCUT2D eigenvalue weighted by atomic mass is 16.5. The van der Waals surface area contributed by atoms with Gasteiger partial charge in [0.25, 0.3) is 0 Å². The van der Waals surface area contributed by atoms with E-state index in [1.807, 2.05) is 18.0 Å². The van der Waals surface area contributed by atoms with Gasteiger partial charge in [0.15, 0.2) is 11.5 Å². The average Bonchev–Trinajstić information content (AvgIpc) is 3.12. The molecule has 9 nitrogen and oxygen atoms in total. The van der Waals surface area contributed by atoms with Crippen LogP contribution in [-0.4, -0.2) is 60.9 Å². The maximum atomic E-state index is 12.8. The van der Waals surface area contributed by atoms with Gasteiger partial charge in [-0.25, -0.2) is 14.3 Å². The van der Waals surface area contributed by atoms with Gasteiger partial charge in [0.1, 0.15) is 24.6 Å². The number of benzene rings is 1. The number of Topliss-reactive ketones (excluding diaryl/α,β-unsaturated/α-hetero) is 1. The maximum absolute atomic E-state index is 12.8. The molecule has 9 heteroatoms. The first-order chi connectivity index (χ1) is 13.9. The molecule has 0 aliphatic carbocycles. The molecule has 0 atom stereocenters. The van der Waals surface area contributed by atoms with Gasteiger partial charge in [-0.2, -0.15) is 5.10 Å². The molecule has 1 aromatic carbocycles. The van der Waals surface area contributed by atoms with Crippen molar-refractivity contribution in [2.45, 2.75) is 20.4 Å². The van der Waals surface area contributed by atoms with Crippen molar-refractivity contribution in [3.8, 4) is 5.75 Å². The first kappa shape index (κ1) is 20.4. The van der Waals surface area contributed by atoms with Crippen LogP contribution in [0.1, 0.15) is 45.2 Å². The Morgan fingerprint density at radius 1 is 1.10 bits per heavy atom. The lowest BCUT2D eigenvalue weighted by Gasteiger charge is -2.27. The SMILES string of the molecule is CCOC(=O)c1cc(C(=O)OCC)n(CC(=O)c2ccc3c(c2)OCCN3C)n1. The standard InChI is InChI=1S/C20H23N3O6/c1-4-27-19(25)14-11-16(20(26)28-5-2)23(21-14)12-17(24)13-6-7-15-18(10-13)29-9-8-22(15)3/h6-7,10-11H,4-5,8-9,12H2,1-3H3. The Morgan fingerprint density at radius 2 is 1.83 bits per heavy atom. The Morgan fingerprint density at radius 3 is 2.55 bits per heavy atom. The second-order valence-corrected chi connectivity index (χ2v) is 6.39. The molecule has 0 saturated heterocycles. The summed E-state index contributed by atoms with van der Waals surface area (Å²) in [5.74, 6) is -0.996. The smallest absolute Gasteiger partial charge is 0.358 e. The number of hydrogen-bond donors (Lipinski definition) is 0. The molecular formula is C20H23N3O6. The number of esters is 2. The molecule has 0 spiro atoms. The molecule has 0 amide bonds. The number of nitrogens with zero attached hydrogens (tertiary/aromatic N) is 3. The Hall–Kier alpha value is -3.36. The van der Waals surface area contributed by atoms with Crippen molar-refractivity contribution in [3.63, 3.8) is 0 Å². The van der Waals surface area contributed by atoms with Crippen LogP contribution < -0.4 is 9.64 Å². The number of ether oxygens (including phenoxy) is 3. The van der Waals surface area contributed by atoms with Gasteiger partial charge in [-0.3, -0.25) is 4.79 Å². The zero-order valence-electron chi connectivity index (χ0n) is 16.6. The minimum Gasteiger partial charge on any atom is -0.490 e. The van der Waals surface area contributed by atoms with E-state index >= 15 is 0 Å². The van der Waals surface area contributed by atoms with Crippen LogP contribution >= 0.6 is 0 Å². The predicted molar refractivity (Wildman–Crippen MR) is 104 cm³/mol. The second kappa shape index (κ2) is 8.76. The molecule has 29 heavy (non-hydrogen) atoms. The Kier molecular flexibility index (Phi) is 6.16. The summed E-state index contributed by atoms with van der Waals surface area (Å²) in [5.41, 5.74) is 1.28. The average molecular weight is 401 g/mol. The maximum Gasteiger partial charge on any atom is 0.358 e. The van der Waals surface area contributed by atoms with Gasteiger partial charge in [-0.05, 0) is 32.0 Å². The summed E-state index contributed by atoms with van der Waals surface area (Å²) in [4.78, 5) is 39.1. The van der Waals surface area contributed by atoms with Gasteiger partial charge in [-0.15, -0.1) is 0 Å². The summed E-state index contributed by atoms with van der Waals surface area (Å²) < 4.78 is 16.7. The highest BCUT2D eigenvalue weighted by Crippen LogP contribution is 2.31. The van der Waals surface area contributed by atoms with E-state index in [-0.39, 0.29) is 36.9 Å². The number of anilines is 1. The van der Waals surface area contributed by atoms with Gasteiger partial charge in [-0.1, -0.05) is 0 Å². The van der Waals surface area contributed by atoms with Crippen molar-refractivity contribution in [2.75, 3.05) is 38.3 Å². The molecule has 1 aliphatic heterocycles. The second-order valence-electron chi connectivity index (χ2n) is 6.39. The van der Waals surface area contributed by atoms with Crippen molar-refractivity contribution >= 4 is 23.4 Å². The van der Waals surface area contributed by atoms with E-state index in [1.54, 1.807) is 26.0 Å². The first-order valence-electron chi connectivity index (χ1n) is 9.37. The summed E-state index contributed by atoms with van der Waals surface area (Å²) in [6, 6.07) is 6.47. The normalized spacial score (nSPS) is 12.7. The van der Waals surface area contributed by atoms with Crippen molar-refractivity contribution in [2.24, 2.45) is 0 Å². The quantitative estimate of drug-likeness (QED) is 0.513. The number of likely N-dealkylation sites (N-methyl/N-ethyl adjacent to an activating group) is 1. The summed E-state index contributed by atoms with van der Waals surface area (Å²) in [6.45, 7) is 4.73. The minimum atomic E-state index is -0.672. The molecule has 1 aliphatic rings. The molecular weight excluding hydrogens is 378 g/mol. The van der Waals surface area contributed by atoms with E-state index in [9.17, 15) is 14.4 Å². The van der Waals surface area contributed by atoms with Crippen LogP contribution in [0, 0.1) is 0 Å². The zero-order chi connectivity index (χ0) is 21.0. The number of aromatic nitrogens is 2. The largest absolute Gasteiger partial charge is 0.490 e. The van der Waals surface area contributed by atoms with Gasteiger partial charge in [0, 0.05) is 18.7 Å². The highest BCUT2D eigenvalue weighted by molar-refractivity contribution is 5.98. The summed E-state index contributed by atoms with van der Waals surface area (Å²) in [6.07, 6.45) is 0. The van der Waals surface area contributed by atoms with Crippen LogP contribution in [0.25, 0.3) is 0 Å². The molecule has 2 heterocycles. The molecule has 0 radical (unpaired) electrons. The highest BCUT2D eigenvalue weighted by Gasteiger charge is 2.23. The van der Waals surface area contributed by atoms with Gasteiger partial charge < -0.3 is 19.1 Å². The number of fused-ring (bicyclic) bond motifs is 1. The third-order valence-electron chi connectivity index (χ3n) is 4.42. The van der Waals surface area contributed by atoms with Crippen LogP contribution in [0.3, 0.4) is 0 Å². The number of carbonyl (C=O) groups excluding carboxylic acids is 3. The van der Waals surface area contributed by atoms with E-state index < -0.39 is 11.9 Å². The lowest BCUT2D eigenvalue weighted by Crippen LogP contribution is -2.29. The molecule has 0 fully saturated rings. The van der Waals surface area contributed by atoms with Crippen molar-refractivity contribution in [1.82, 2.24) is 9.78 Å². The molecule has 1 aromatic heterocycles.